The Morgan fingerprint density at radius 1 is 1.27 bits per heavy atom. The van der Waals surface area contributed by atoms with Crippen LogP contribution in [0.2, 0.25) is 0 Å². The minimum absolute atomic E-state index is 0. The minimum atomic E-state index is -4.08. The Labute approximate surface area is 69.5 Å². The van der Waals surface area contributed by atoms with Gasteiger partial charge in [0, 0.05) is 6.54 Å². The molecule has 68 valence electrons. The van der Waals surface area contributed by atoms with E-state index in [1.165, 1.54) is 0 Å². The topological polar surface area (TPSA) is 26.0 Å². The van der Waals surface area contributed by atoms with E-state index < -0.39 is 11.6 Å². The van der Waals surface area contributed by atoms with E-state index in [1.807, 2.05) is 0 Å². The second kappa shape index (κ2) is 3.19. The maximum absolute atomic E-state index is 12.1. The second-order valence-electron chi connectivity index (χ2n) is 2.84. The summed E-state index contributed by atoms with van der Waals surface area (Å²) in [4.78, 5) is 0. The van der Waals surface area contributed by atoms with Crippen LogP contribution in [0.25, 0.3) is 0 Å². The van der Waals surface area contributed by atoms with Crippen molar-refractivity contribution in [3.05, 3.63) is 0 Å². The fourth-order valence-electron chi connectivity index (χ4n) is 1.21. The smallest absolute Gasteiger partial charge is 0.330 e. The molecule has 0 aromatic rings. The van der Waals surface area contributed by atoms with Crippen molar-refractivity contribution < 1.29 is 13.2 Å². The Balaban J connectivity index is 0.000001000. The molecule has 0 heterocycles. The average molecular weight is 190 g/mol. The third-order valence-corrected chi connectivity index (χ3v) is 2.30. The van der Waals surface area contributed by atoms with Gasteiger partial charge in [0.1, 0.15) is 0 Å². The molecule has 0 saturated heterocycles. The maximum Gasteiger partial charge on any atom is 0.395 e. The molecule has 1 saturated carbocycles. The molecular weight excluding hydrogens is 179 g/mol. The minimum Gasteiger partial charge on any atom is -0.330 e. The van der Waals surface area contributed by atoms with Crippen molar-refractivity contribution in [1.82, 2.24) is 0 Å². The van der Waals surface area contributed by atoms with Crippen molar-refractivity contribution in [3.8, 4) is 0 Å². The van der Waals surface area contributed by atoms with E-state index in [0.717, 1.165) is 0 Å². The number of alkyl halides is 3. The van der Waals surface area contributed by atoms with Crippen molar-refractivity contribution >= 4 is 12.4 Å². The fraction of sp³-hybridized carbons (Fsp3) is 1.00. The molecule has 0 aromatic carbocycles. The standard InChI is InChI=1S/C6H10F3N.ClH/c7-6(8,9)5(4-10)2-1-3-5;/h1-4,10H2;1H. The van der Waals surface area contributed by atoms with Crippen LogP contribution >= 0.6 is 12.4 Å². The normalized spacial score (nSPS) is 21.8. The van der Waals surface area contributed by atoms with E-state index in [1.54, 1.807) is 0 Å². The Morgan fingerprint density at radius 3 is 1.73 bits per heavy atom. The number of hydrogen-bond donors (Lipinski definition) is 1. The molecule has 1 aliphatic rings. The van der Waals surface area contributed by atoms with Crippen LogP contribution in [-0.4, -0.2) is 12.7 Å². The van der Waals surface area contributed by atoms with Gasteiger partial charge in [-0.3, -0.25) is 0 Å². The lowest BCUT2D eigenvalue weighted by atomic mass is 9.68. The van der Waals surface area contributed by atoms with E-state index in [-0.39, 0.29) is 31.8 Å². The van der Waals surface area contributed by atoms with Gasteiger partial charge in [-0.25, -0.2) is 0 Å². The lowest BCUT2D eigenvalue weighted by Crippen LogP contribution is -2.49. The molecule has 0 bridgehead atoms. The van der Waals surface area contributed by atoms with E-state index in [2.05, 4.69) is 0 Å². The van der Waals surface area contributed by atoms with Crippen LogP contribution in [0, 0.1) is 5.41 Å². The summed E-state index contributed by atoms with van der Waals surface area (Å²) in [6, 6.07) is 0. The molecule has 0 spiro atoms. The lowest BCUT2D eigenvalue weighted by Gasteiger charge is -2.42. The summed E-state index contributed by atoms with van der Waals surface area (Å²) < 4.78 is 36.2. The van der Waals surface area contributed by atoms with Crippen molar-refractivity contribution in [3.63, 3.8) is 0 Å². The molecule has 1 aliphatic carbocycles. The SMILES string of the molecule is Cl.NCC1(C(F)(F)F)CCC1. The highest BCUT2D eigenvalue weighted by Crippen LogP contribution is 2.51. The van der Waals surface area contributed by atoms with Gasteiger partial charge in [0.15, 0.2) is 0 Å². The highest BCUT2D eigenvalue weighted by atomic mass is 35.5. The molecule has 0 unspecified atom stereocenters. The molecule has 11 heavy (non-hydrogen) atoms. The number of halogens is 4. The van der Waals surface area contributed by atoms with Crippen LogP contribution in [0.15, 0.2) is 0 Å². The van der Waals surface area contributed by atoms with Crippen LogP contribution in [0.3, 0.4) is 0 Å². The first-order chi connectivity index (χ1) is 4.52. The second-order valence-corrected chi connectivity index (χ2v) is 2.84. The summed E-state index contributed by atoms with van der Waals surface area (Å²) in [5.74, 6) is 0. The van der Waals surface area contributed by atoms with Crippen molar-refractivity contribution in [2.45, 2.75) is 25.4 Å². The van der Waals surface area contributed by atoms with Gasteiger partial charge in [-0.1, -0.05) is 6.42 Å². The lowest BCUT2D eigenvalue weighted by molar-refractivity contribution is -0.246. The van der Waals surface area contributed by atoms with Crippen molar-refractivity contribution in [2.24, 2.45) is 11.1 Å². The van der Waals surface area contributed by atoms with Gasteiger partial charge in [-0.05, 0) is 12.8 Å². The van der Waals surface area contributed by atoms with E-state index in [0.29, 0.717) is 6.42 Å². The molecule has 0 atom stereocenters. The highest BCUT2D eigenvalue weighted by molar-refractivity contribution is 5.85. The molecule has 1 nitrogen and oxygen atoms in total. The van der Waals surface area contributed by atoms with E-state index >= 15 is 0 Å². The predicted molar refractivity (Wildman–Crippen MR) is 38.6 cm³/mol. The van der Waals surface area contributed by atoms with Crippen molar-refractivity contribution in [1.29, 1.82) is 0 Å². The molecule has 1 rings (SSSR count). The molecule has 1 fully saturated rings. The summed E-state index contributed by atoms with van der Waals surface area (Å²) in [7, 11) is 0. The monoisotopic (exact) mass is 189 g/mol. The third kappa shape index (κ3) is 1.62. The first-order valence-electron chi connectivity index (χ1n) is 3.29. The quantitative estimate of drug-likeness (QED) is 0.672. The highest BCUT2D eigenvalue weighted by Gasteiger charge is 2.56. The average Bonchev–Trinajstić information content (AvgIpc) is 1.58. The first kappa shape index (κ1) is 11.0. The van der Waals surface area contributed by atoms with Gasteiger partial charge in [0.25, 0.3) is 0 Å². The first-order valence-corrected chi connectivity index (χ1v) is 3.29. The zero-order valence-corrected chi connectivity index (χ0v) is 6.76. The summed E-state index contributed by atoms with van der Waals surface area (Å²) in [6.07, 6.45) is -2.99. The fourth-order valence-corrected chi connectivity index (χ4v) is 1.21. The van der Waals surface area contributed by atoms with E-state index in [4.69, 9.17) is 5.73 Å². The summed E-state index contributed by atoms with van der Waals surface area (Å²) in [5, 5.41) is 0. The summed E-state index contributed by atoms with van der Waals surface area (Å²) in [6.45, 7) is -0.253. The number of hydrogen-bond acceptors (Lipinski definition) is 1. The molecule has 2 N–H and O–H groups in total. The van der Waals surface area contributed by atoms with Crippen LogP contribution in [0.4, 0.5) is 13.2 Å². The summed E-state index contributed by atoms with van der Waals surface area (Å²) >= 11 is 0. The third-order valence-electron chi connectivity index (χ3n) is 2.30. The molecule has 0 aliphatic heterocycles. The van der Waals surface area contributed by atoms with Crippen LogP contribution < -0.4 is 5.73 Å². The predicted octanol–water partition coefficient (Wildman–Crippen LogP) is 2.10. The van der Waals surface area contributed by atoms with Gasteiger partial charge in [0.2, 0.25) is 0 Å². The molecular formula is C6H11ClF3N. The maximum atomic E-state index is 12.1. The van der Waals surface area contributed by atoms with Crippen LogP contribution in [-0.2, 0) is 0 Å². The number of nitrogens with two attached hydrogens (primary N) is 1. The summed E-state index contributed by atoms with van der Waals surface area (Å²) in [5.41, 5.74) is 3.51. The molecule has 0 aromatic heterocycles. The zero-order chi connectivity index (χ0) is 7.83. The van der Waals surface area contributed by atoms with Gasteiger partial charge in [-0.15, -0.1) is 12.4 Å². The van der Waals surface area contributed by atoms with Crippen LogP contribution in [0.5, 0.6) is 0 Å². The Kier molecular flexibility index (Phi) is 3.20. The van der Waals surface area contributed by atoms with Gasteiger partial charge in [-0.2, -0.15) is 13.2 Å². The Bertz CT molecular complexity index is 125. The van der Waals surface area contributed by atoms with Crippen molar-refractivity contribution in [2.75, 3.05) is 6.54 Å². The molecule has 0 amide bonds. The van der Waals surface area contributed by atoms with Gasteiger partial charge < -0.3 is 5.73 Å². The zero-order valence-electron chi connectivity index (χ0n) is 5.95. The van der Waals surface area contributed by atoms with Crippen LogP contribution in [0.1, 0.15) is 19.3 Å². The largest absolute Gasteiger partial charge is 0.395 e. The molecule has 5 heteroatoms. The number of rotatable bonds is 1. The molecule has 0 radical (unpaired) electrons. The van der Waals surface area contributed by atoms with E-state index in [9.17, 15) is 13.2 Å². The van der Waals surface area contributed by atoms with Gasteiger partial charge >= 0.3 is 6.18 Å². The Hall–Kier alpha value is 0.0400. The Morgan fingerprint density at radius 2 is 1.73 bits per heavy atom. The van der Waals surface area contributed by atoms with Gasteiger partial charge in [0.05, 0.1) is 5.41 Å².